The summed E-state index contributed by atoms with van der Waals surface area (Å²) in [7, 11) is 0. The summed E-state index contributed by atoms with van der Waals surface area (Å²) in [5, 5.41) is 7.83. The third-order valence-electron chi connectivity index (χ3n) is 4.22. The molecule has 3 aromatic rings. The minimum Gasteiger partial charge on any atom is -0.321 e. The largest absolute Gasteiger partial charge is 0.321 e. The number of para-hydroxylation sites is 1. The van der Waals surface area contributed by atoms with E-state index in [0.717, 1.165) is 34.0 Å². The number of amides is 1. The Balaban J connectivity index is 1.83. The molecule has 0 aliphatic carbocycles. The number of anilines is 1. The van der Waals surface area contributed by atoms with E-state index in [-0.39, 0.29) is 5.91 Å². The average molecular weight is 381 g/mol. The first-order valence-electron chi connectivity index (χ1n) is 8.61. The van der Waals surface area contributed by atoms with Gasteiger partial charge in [-0.15, -0.1) is 0 Å². The highest BCUT2D eigenvalue weighted by atomic mass is 35.5. The lowest BCUT2D eigenvalue weighted by molar-refractivity contribution is -0.111. The third-order valence-corrected chi connectivity index (χ3v) is 4.59. The maximum atomic E-state index is 12.4. The van der Waals surface area contributed by atoms with Crippen LogP contribution in [0.2, 0.25) is 5.15 Å². The lowest BCUT2D eigenvalue weighted by Gasteiger charge is -2.10. The van der Waals surface area contributed by atoms with Crippen LogP contribution in [0.3, 0.4) is 0 Å². The molecule has 27 heavy (non-hydrogen) atoms. The summed E-state index contributed by atoms with van der Waals surface area (Å²) in [6.07, 6.45) is 3.15. The molecule has 3 rings (SSSR count). The van der Waals surface area contributed by atoms with Crippen LogP contribution in [-0.4, -0.2) is 20.7 Å². The summed E-state index contributed by atoms with van der Waals surface area (Å²) in [6.45, 7) is 7.62. The minimum absolute atomic E-state index is 0.241. The predicted octanol–water partition coefficient (Wildman–Crippen LogP) is 4.81. The second-order valence-electron chi connectivity index (χ2n) is 6.40. The maximum absolute atomic E-state index is 12.4. The standard InChI is InChI=1S/C21H21ClN4O/c1-13-12-14(2)23-16(4)20(13)24-19(27)11-10-18-15(3)25-26(21(18)22)17-8-6-5-7-9-17/h5-12H,1-4H3,(H,24,27)/b11-10+. The van der Waals surface area contributed by atoms with E-state index in [4.69, 9.17) is 11.6 Å². The van der Waals surface area contributed by atoms with Gasteiger partial charge in [0.25, 0.3) is 0 Å². The van der Waals surface area contributed by atoms with Crippen molar-refractivity contribution in [3.63, 3.8) is 0 Å². The molecule has 138 valence electrons. The molecular formula is C21H21ClN4O. The molecular weight excluding hydrogens is 360 g/mol. The predicted molar refractivity (Wildman–Crippen MR) is 109 cm³/mol. The number of nitrogens with one attached hydrogen (secondary N) is 1. The molecule has 0 atom stereocenters. The zero-order valence-electron chi connectivity index (χ0n) is 15.7. The fourth-order valence-corrected chi connectivity index (χ4v) is 3.31. The van der Waals surface area contributed by atoms with Gasteiger partial charge in [-0.25, -0.2) is 4.68 Å². The van der Waals surface area contributed by atoms with E-state index in [1.807, 2.05) is 64.1 Å². The van der Waals surface area contributed by atoms with Crippen molar-refractivity contribution in [3.05, 3.63) is 75.8 Å². The van der Waals surface area contributed by atoms with Crippen LogP contribution < -0.4 is 5.32 Å². The molecule has 0 radical (unpaired) electrons. The number of hydrogen-bond donors (Lipinski definition) is 1. The molecule has 5 nitrogen and oxygen atoms in total. The highest BCUT2D eigenvalue weighted by Crippen LogP contribution is 2.25. The molecule has 0 aliphatic rings. The maximum Gasteiger partial charge on any atom is 0.248 e. The van der Waals surface area contributed by atoms with Crippen molar-refractivity contribution in [1.29, 1.82) is 0 Å². The Morgan fingerprint density at radius 3 is 2.48 bits per heavy atom. The Hall–Kier alpha value is -2.92. The highest BCUT2D eigenvalue weighted by Gasteiger charge is 2.13. The molecule has 0 saturated carbocycles. The number of carbonyl (C=O) groups excluding carboxylic acids is 1. The molecule has 0 saturated heterocycles. The number of halogens is 1. The number of rotatable bonds is 4. The summed E-state index contributed by atoms with van der Waals surface area (Å²) in [5.41, 5.74) is 5.76. The van der Waals surface area contributed by atoms with Gasteiger partial charge in [-0.1, -0.05) is 29.8 Å². The fourth-order valence-electron chi connectivity index (χ4n) is 2.98. The molecule has 0 bridgehead atoms. The number of hydrogen-bond acceptors (Lipinski definition) is 3. The Kier molecular flexibility index (Phi) is 5.42. The van der Waals surface area contributed by atoms with Gasteiger partial charge in [0.05, 0.1) is 22.8 Å². The first kappa shape index (κ1) is 18.9. The van der Waals surface area contributed by atoms with Crippen molar-refractivity contribution in [1.82, 2.24) is 14.8 Å². The molecule has 6 heteroatoms. The van der Waals surface area contributed by atoms with Gasteiger partial charge in [0.2, 0.25) is 5.91 Å². The minimum atomic E-state index is -0.241. The molecule has 2 aromatic heterocycles. The molecule has 0 unspecified atom stereocenters. The van der Waals surface area contributed by atoms with E-state index in [1.54, 1.807) is 10.8 Å². The van der Waals surface area contributed by atoms with Crippen LogP contribution >= 0.6 is 11.6 Å². The first-order chi connectivity index (χ1) is 12.9. The van der Waals surface area contributed by atoms with E-state index in [1.165, 1.54) is 6.08 Å². The zero-order valence-corrected chi connectivity index (χ0v) is 16.5. The van der Waals surface area contributed by atoms with E-state index in [2.05, 4.69) is 15.4 Å². The van der Waals surface area contributed by atoms with Crippen molar-refractivity contribution >= 4 is 29.3 Å². The summed E-state index contributed by atoms with van der Waals surface area (Å²) in [4.78, 5) is 16.8. The van der Waals surface area contributed by atoms with Gasteiger partial charge in [-0.3, -0.25) is 9.78 Å². The van der Waals surface area contributed by atoms with Gasteiger partial charge in [0.1, 0.15) is 5.15 Å². The lowest BCUT2D eigenvalue weighted by atomic mass is 10.1. The highest BCUT2D eigenvalue weighted by molar-refractivity contribution is 6.31. The molecule has 0 spiro atoms. The number of benzene rings is 1. The summed E-state index contributed by atoms with van der Waals surface area (Å²) in [6, 6.07) is 11.6. The van der Waals surface area contributed by atoms with Gasteiger partial charge < -0.3 is 5.32 Å². The molecule has 1 N–H and O–H groups in total. The van der Waals surface area contributed by atoms with Gasteiger partial charge in [-0.2, -0.15) is 5.10 Å². The molecule has 1 amide bonds. The zero-order chi connectivity index (χ0) is 19.6. The number of carbonyl (C=O) groups is 1. The Labute approximate surface area is 163 Å². The van der Waals surface area contributed by atoms with Crippen molar-refractivity contribution in [3.8, 4) is 5.69 Å². The Morgan fingerprint density at radius 2 is 1.81 bits per heavy atom. The average Bonchev–Trinajstić information content (AvgIpc) is 2.91. The number of nitrogens with zero attached hydrogens (tertiary/aromatic N) is 3. The third kappa shape index (κ3) is 4.09. The van der Waals surface area contributed by atoms with Gasteiger partial charge in [0.15, 0.2) is 0 Å². The normalized spacial score (nSPS) is 11.1. The second kappa shape index (κ2) is 7.76. The van der Waals surface area contributed by atoms with Crippen LogP contribution in [0.5, 0.6) is 0 Å². The summed E-state index contributed by atoms with van der Waals surface area (Å²) >= 11 is 6.48. The lowest BCUT2D eigenvalue weighted by Crippen LogP contribution is -2.11. The summed E-state index contributed by atoms with van der Waals surface area (Å²) < 4.78 is 1.66. The topological polar surface area (TPSA) is 59.8 Å². The van der Waals surface area contributed by atoms with Gasteiger partial charge in [0, 0.05) is 17.3 Å². The van der Waals surface area contributed by atoms with Crippen LogP contribution in [0.15, 0.2) is 42.5 Å². The molecule has 2 heterocycles. The van der Waals surface area contributed by atoms with Gasteiger partial charge in [-0.05, 0) is 57.5 Å². The van der Waals surface area contributed by atoms with E-state index in [9.17, 15) is 4.79 Å². The number of aryl methyl sites for hydroxylation is 4. The van der Waals surface area contributed by atoms with E-state index < -0.39 is 0 Å². The van der Waals surface area contributed by atoms with Gasteiger partial charge >= 0.3 is 0 Å². The van der Waals surface area contributed by atoms with E-state index >= 15 is 0 Å². The molecule has 0 aliphatic heterocycles. The van der Waals surface area contributed by atoms with Crippen LogP contribution in [0.4, 0.5) is 5.69 Å². The second-order valence-corrected chi connectivity index (χ2v) is 6.76. The quantitative estimate of drug-likeness (QED) is 0.661. The fraction of sp³-hybridized carbons (Fsp3) is 0.190. The Morgan fingerprint density at radius 1 is 1.11 bits per heavy atom. The summed E-state index contributed by atoms with van der Waals surface area (Å²) in [5.74, 6) is -0.241. The van der Waals surface area contributed by atoms with Crippen LogP contribution in [-0.2, 0) is 4.79 Å². The first-order valence-corrected chi connectivity index (χ1v) is 8.99. The Bertz CT molecular complexity index is 999. The number of pyridine rings is 1. The van der Waals surface area contributed by atoms with Crippen molar-refractivity contribution in [2.45, 2.75) is 27.7 Å². The van der Waals surface area contributed by atoms with Crippen molar-refractivity contribution in [2.24, 2.45) is 0 Å². The monoisotopic (exact) mass is 380 g/mol. The van der Waals surface area contributed by atoms with Crippen LogP contribution in [0, 0.1) is 27.7 Å². The SMILES string of the molecule is Cc1cc(C)c(NC(=O)/C=C/c2c(C)nn(-c3ccccc3)c2Cl)c(C)n1. The molecule has 1 aromatic carbocycles. The van der Waals surface area contributed by atoms with Crippen molar-refractivity contribution in [2.75, 3.05) is 5.32 Å². The van der Waals surface area contributed by atoms with E-state index in [0.29, 0.717) is 10.7 Å². The smallest absolute Gasteiger partial charge is 0.248 e. The van der Waals surface area contributed by atoms with Crippen LogP contribution in [0.25, 0.3) is 11.8 Å². The van der Waals surface area contributed by atoms with Crippen molar-refractivity contribution < 1.29 is 4.79 Å². The number of aromatic nitrogens is 3. The van der Waals surface area contributed by atoms with Crippen LogP contribution in [0.1, 0.15) is 28.2 Å². The molecule has 0 fully saturated rings.